The van der Waals surface area contributed by atoms with E-state index in [1.807, 2.05) is 0 Å². The number of nitrogens with one attached hydrogen (secondary N) is 1. The Kier molecular flexibility index (Phi) is 6.41. The molecule has 32 heavy (non-hydrogen) atoms. The molecule has 1 heterocycles. The number of hydrogen-bond acceptors (Lipinski definition) is 4. The molecule has 5 nitrogen and oxygen atoms in total. The van der Waals surface area contributed by atoms with Gasteiger partial charge in [-0.15, -0.1) is 0 Å². The first kappa shape index (κ1) is 22.2. The summed E-state index contributed by atoms with van der Waals surface area (Å²) < 4.78 is 26.4. The van der Waals surface area contributed by atoms with Gasteiger partial charge in [0, 0.05) is 13.1 Å². The summed E-state index contributed by atoms with van der Waals surface area (Å²) in [5, 5.41) is 2.46. The van der Waals surface area contributed by atoms with Gasteiger partial charge in [0.25, 0.3) is 11.1 Å². The van der Waals surface area contributed by atoms with Gasteiger partial charge in [0.05, 0.1) is 10.3 Å². The highest BCUT2D eigenvalue weighted by molar-refractivity contribution is 8.18. The summed E-state index contributed by atoms with van der Waals surface area (Å²) in [6.45, 7) is 0.181. The smallest absolute Gasteiger partial charge is 0.293 e. The van der Waals surface area contributed by atoms with Gasteiger partial charge in [0.1, 0.15) is 11.6 Å². The zero-order valence-electron chi connectivity index (χ0n) is 17.3. The monoisotopic (exact) mass is 456 g/mol. The number of thioether (sulfide) groups is 1. The van der Waals surface area contributed by atoms with Crippen LogP contribution in [0.4, 0.5) is 13.6 Å². The standard InChI is InChI=1S/C24H22F2N2O3S/c25-18-7-3-16(4-8-18)15-20-21(29)28(23(31)32-20)14-13-27-22(30)24(11-1-2-12-24)17-5-9-19(26)10-6-17/h3-10,15H,1-2,11-14H2,(H,27,30). The van der Waals surface area contributed by atoms with E-state index >= 15 is 0 Å². The molecule has 0 unspecified atom stereocenters. The highest BCUT2D eigenvalue weighted by Crippen LogP contribution is 2.41. The lowest BCUT2D eigenvalue weighted by Crippen LogP contribution is -2.45. The summed E-state index contributed by atoms with van der Waals surface area (Å²) in [5.41, 5.74) is 0.685. The van der Waals surface area contributed by atoms with E-state index in [4.69, 9.17) is 0 Å². The van der Waals surface area contributed by atoms with Gasteiger partial charge in [0.15, 0.2) is 0 Å². The molecule has 0 aromatic heterocycles. The number of hydrogen-bond donors (Lipinski definition) is 1. The van der Waals surface area contributed by atoms with Crippen LogP contribution < -0.4 is 5.32 Å². The minimum atomic E-state index is -0.713. The molecule has 1 saturated carbocycles. The van der Waals surface area contributed by atoms with Crippen molar-refractivity contribution in [1.82, 2.24) is 10.2 Å². The van der Waals surface area contributed by atoms with E-state index in [-0.39, 0.29) is 35.5 Å². The number of benzene rings is 2. The fraction of sp³-hybridized carbons (Fsp3) is 0.292. The van der Waals surface area contributed by atoms with Crippen LogP contribution in [0.2, 0.25) is 0 Å². The minimum Gasteiger partial charge on any atom is -0.354 e. The second-order valence-corrected chi connectivity index (χ2v) is 8.93. The molecule has 1 saturated heterocycles. The molecule has 1 N–H and O–H groups in total. The summed E-state index contributed by atoms with van der Waals surface area (Å²) in [6.07, 6.45) is 4.70. The van der Waals surface area contributed by atoms with Crippen molar-refractivity contribution in [1.29, 1.82) is 0 Å². The zero-order chi connectivity index (χ0) is 22.7. The first-order valence-electron chi connectivity index (χ1n) is 10.4. The van der Waals surface area contributed by atoms with Crippen molar-refractivity contribution >= 4 is 34.9 Å². The second-order valence-electron chi connectivity index (χ2n) is 7.94. The molecule has 2 aromatic rings. The Morgan fingerprint density at radius 2 is 1.59 bits per heavy atom. The largest absolute Gasteiger partial charge is 0.354 e. The van der Waals surface area contributed by atoms with Crippen LogP contribution >= 0.6 is 11.8 Å². The molecule has 0 spiro atoms. The van der Waals surface area contributed by atoms with E-state index in [1.165, 1.54) is 36.4 Å². The number of carbonyl (C=O) groups excluding carboxylic acids is 3. The molecule has 8 heteroatoms. The third-order valence-corrected chi connectivity index (χ3v) is 6.86. The third kappa shape index (κ3) is 4.46. The van der Waals surface area contributed by atoms with Crippen molar-refractivity contribution in [3.05, 3.63) is 76.2 Å². The Labute approximate surface area is 188 Å². The van der Waals surface area contributed by atoms with Crippen LogP contribution in [0.3, 0.4) is 0 Å². The number of imide groups is 1. The molecule has 1 aliphatic heterocycles. The SMILES string of the molecule is O=C1SC(=Cc2ccc(F)cc2)C(=O)N1CCNC(=O)C1(c2ccc(F)cc2)CCCC1. The Hall–Kier alpha value is -3.00. The average molecular weight is 457 g/mol. The van der Waals surface area contributed by atoms with E-state index in [2.05, 4.69) is 5.32 Å². The first-order valence-corrected chi connectivity index (χ1v) is 11.3. The topological polar surface area (TPSA) is 66.5 Å². The maximum atomic E-state index is 13.3. The summed E-state index contributed by atoms with van der Waals surface area (Å²) in [6, 6.07) is 11.6. The van der Waals surface area contributed by atoms with E-state index in [0.717, 1.165) is 35.1 Å². The van der Waals surface area contributed by atoms with Crippen molar-refractivity contribution in [2.24, 2.45) is 0 Å². The van der Waals surface area contributed by atoms with Crippen LogP contribution in [-0.2, 0) is 15.0 Å². The maximum absolute atomic E-state index is 13.3. The zero-order valence-corrected chi connectivity index (χ0v) is 18.1. The van der Waals surface area contributed by atoms with Crippen molar-refractivity contribution in [2.75, 3.05) is 13.1 Å². The van der Waals surface area contributed by atoms with E-state index in [0.29, 0.717) is 18.4 Å². The van der Waals surface area contributed by atoms with Crippen LogP contribution in [0.1, 0.15) is 36.8 Å². The summed E-state index contributed by atoms with van der Waals surface area (Å²) >= 11 is 0.819. The first-order chi connectivity index (χ1) is 15.4. The molecular weight excluding hydrogens is 434 g/mol. The molecule has 4 rings (SSSR count). The van der Waals surface area contributed by atoms with Crippen LogP contribution in [0.5, 0.6) is 0 Å². The lowest BCUT2D eigenvalue weighted by Gasteiger charge is -2.28. The normalized spacial score (nSPS) is 19.1. The molecular formula is C24H22F2N2O3S. The van der Waals surface area contributed by atoms with Crippen LogP contribution in [0.15, 0.2) is 53.4 Å². The number of halogens is 2. The lowest BCUT2D eigenvalue weighted by atomic mass is 9.78. The summed E-state index contributed by atoms with van der Waals surface area (Å²) in [7, 11) is 0. The highest BCUT2D eigenvalue weighted by Gasteiger charge is 2.43. The van der Waals surface area contributed by atoms with Crippen molar-refractivity contribution in [3.8, 4) is 0 Å². The lowest BCUT2D eigenvalue weighted by molar-refractivity contribution is -0.127. The fourth-order valence-electron chi connectivity index (χ4n) is 4.25. The van der Waals surface area contributed by atoms with Crippen molar-refractivity contribution in [2.45, 2.75) is 31.1 Å². The summed E-state index contributed by atoms with van der Waals surface area (Å²) in [5.74, 6) is -1.34. The van der Waals surface area contributed by atoms with E-state index in [1.54, 1.807) is 18.2 Å². The van der Waals surface area contributed by atoms with Gasteiger partial charge in [-0.3, -0.25) is 19.3 Å². The molecule has 0 radical (unpaired) electrons. The van der Waals surface area contributed by atoms with Crippen molar-refractivity contribution in [3.63, 3.8) is 0 Å². The fourth-order valence-corrected chi connectivity index (χ4v) is 5.11. The Bertz CT molecular complexity index is 1060. The van der Waals surface area contributed by atoms with Crippen LogP contribution in [-0.4, -0.2) is 35.0 Å². The van der Waals surface area contributed by atoms with Gasteiger partial charge < -0.3 is 5.32 Å². The minimum absolute atomic E-state index is 0.0522. The molecule has 0 bridgehead atoms. The maximum Gasteiger partial charge on any atom is 0.293 e. The molecule has 2 aromatic carbocycles. The Morgan fingerprint density at radius 1 is 1.00 bits per heavy atom. The second kappa shape index (κ2) is 9.24. The predicted molar refractivity (Wildman–Crippen MR) is 119 cm³/mol. The van der Waals surface area contributed by atoms with Gasteiger partial charge in [0.2, 0.25) is 5.91 Å². The number of rotatable bonds is 6. The average Bonchev–Trinajstić information content (AvgIpc) is 3.37. The predicted octanol–water partition coefficient (Wildman–Crippen LogP) is 4.63. The van der Waals surface area contributed by atoms with E-state index in [9.17, 15) is 23.2 Å². The number of nitrogens with zero attached hydrogens (tertiary/aromatic N) is 1. The van der Waals surface area contributed by atoms with Gasteiger partial charge >= 0.3 is 0 Å². The van der Waals surface area contributed by atoms with Crippen LogP contribution in [0, 0.1) is 11.6 Å². The van der Waals surface area contributed by atoms with Gasteiger partial charge in [-0.2, -0.15) is 0 Å². The van der Waals surface area contributed by atoms with Gasteiger partial charge in [-0.1, -0.05) is 37.1 Å². The molecule has 3 amide bonds. The molecule has 2 aliphatic rings. The Morgan fingerprint density at radius 3 is 2.22 bits per heavy atom. The van der Waals surface area contributed by atoms with Crippen LogP contribution in [0.25, 0.3) is 6.08 Å². The molecule has 166 valence electrons. The number of amides is 3. The number of carbonyl (C=O) groups is 3. The molecule has 2 fully saturated rings. The highest BCUT2D eigenvalue weighted by atomic mass is 32.2. The third-order valence-electron chi connectivity index (χ3n) is 5.95. The van der Waals surface area contributed by atoms with Crippen molar-refractivity contribution < 1.29 is 23.2 Å². The van der Waals surface area contributed by atoms with Gasteiger partial charge in [-0.25, -0.2) is 8.78 Å². The molecule has 0 atom stereocenters. The Balaban J connectivity index is 1.39. The van der Waals surface area contributed by atoms with Gasteiger partial charge in [-0.05, 0) is 66.1 Å². The summed E-state index contributed by atoms with van der Waals surface area (Å²) in [4.78, 5) is 39.4. The quantitative estimate of drug-likeness (QED) is 0.644. The van der Waals surface area contributed by atoms with E-state index < -0.39 is 16.6 Å². The molecule has 1 aliphatic carbocycles.